The molecule has 0 saturated carbocycles. The zero-order valence-electron chi connectivity index (χ0n) is 6.06. The highest BCUT2D eigenvalue weighted by Gasteiger charge is 2.02. The molecule has 0 aliphatic carbocycles. The molecule has 1 N–H and O–H groups in total. The summed E-state index contributed by atoms with van der Waals surface area (Å²) in [6.07, 6.45) is 0. The van der Waals surface area contributed by atoms with Gasteiger partial charge in [-0.3, -0.25) is 0 Å². The first-order valence-electron chi connectivity index (χ1n) is 3.20. The fourth-order valence-electron chi connectivity index (χ4n) is 0.809. The topological polar surface area (TPSA) is 20.2 Å². The third-order valence-corrected chi connectivity index (χ3v) is 2.26. The van der Waals surface area contributed by atoms with Crippen LogP contribution in [-0.2, 0) is 6.61 Å². The van der Waals surface area contributed by atoms with Crippen LogP contribution in [0.1, 0.15) is 11.1 Å². The monoisotopic (exact) mass is 190 g/mol. The van der Waals surface area contributed by atoms with E-state index in [1.165, 1.54) is 0 Å². The summed E-state index contributed by atoms with van der Waals surface area (Å²) in [6, 6.07) is 3.43. The zero-order valence-corrected chi connectivity index (χ0v) is 7.58. The van der Waals surface area contributed by atoms with Gasteiger partial charge in [-0.1, -0.05) is 23.2 Å². The Morgan fingerprint density at radius 3 is 2.45 bits per heavy atom. The van der Waals surface area contributed by atoms with Crippen LogP contribution >= 0.6 is 23.2 Å². The number of hydrogen-bond acceptors (Lipinski definition) is 1. The number of aliphatic hydroxyl groups excluding tert-OH is 1. The van der Waals surface area contributed by atoms with Crippen molar-refractivity contribution in [1.29, 1.82) is 0 Å². The molecule has 0 saturated heterocycles. The molecule has 1 nitrogen and oxygen atoms in total. The van der Waals surface area contributed by atoms with Crippen molar-refractivity contribution >= 4 is 23.2 Å². The van der Waals surface area contributed by atoms with Crippen LogP contribution in [0.2, 0.25) is 10.0 Å². The number of benzene rings is 1. The quantitative estimate of drug-likeness (QED) is 0.723. The molecule has 11 heavy (non-hydrogen) atoms. The average Bonchev–Trinajstić information content (AvgIpc) is 1.97. The van der Waals surface area contributed by atoms with Gasteiger partial charge in [0.05, 0.1) is 6.61 Å². The van der Waals surface area contributed by atoms with Gasteiger partial charge in [-0.25, -0.2) is 0 Å². The van der Waals surface area contributed by atoms with Crippen molar-refractivity contribution in [2.24, 2.45) is 0 Å². The minimum absolute atomic E-state index is 0.0706. The summed E-state index contributed by atoms with van der Waals surface area (Å²) in [4.78, 5) is 0. The van der Waals surface area contributed by atoms with Gasteiger partial charge in [-0.05, 0) is 30.2 Å². The summed E-state index contributed by atoms with van der Waals surface area (Å²) >= 11 is 11.6. The third kappa shape index (κ3) is 1.86. The Labute approximate surface area is 75.6 Å². The SMILES string of the molecule is Cc1cc(Cl)c(CO)cc1Cl. The molecule has 0 spiro atoms. The molecule has 1 aromatic carbocycles. The van der Waals surface area contributed by atoms with Crippen molar-refractivity contribution in [3.63, 3.8) is 0 Å². The van der Waals surface area contributed by atoms with E-state index in [1.54, 1.807) is 12.1 Å². The van der Waals surface area contributed by atoms with Crippen molar-refractivity contribution in [2.75, 3.05) is 0 Å². The molecular weight excluding hydrogens is 183 g/mol. The molecule has 0 unspecified atom stereocenters. The molecule has 0 aromatic heterocycles. The summed E-state index contributed by atoms with van der Waals surface area (Å²) in [7, 11) is 0. The lowest BCUT2D eigenvalue weighted by Gasteiger charge is -2.03. The summed E-state index contributed by atoms with van der Waals surface area (Å²) in [5.74, 6) is 0. The summed E-state index contributed by atoms with van der Waals surface area (Å²) < 4.78 is 0. The van der Waals surface area contributed by atoms with Crippen LogP contribution < -0.4 is 0 Å². The molecular formula is C8H8Cl2O. The van der Waals surface area contributed by atoms with E-state index >= 15 is 0 Å². The normalized spacial score (nSPS) is 10.2. The minimum Gasteiger partial charge on any atom is -0.392 e. The zero-order chi connectivity index (χ0) is 8.43. The van der Waals surface area contributed by atoms with E-state index in [4.69, 9.17) is 28.3 Å². The van der Waals surface area contributed by atoms with E-state index in [0.717, 1.165) is 5.56 Å². The second-order valence-corrected chi connectivity index (χ2v) is 3.17. The number of hydrogen-bond donors (Lipinski definition) is 1. The lowest BCUT2D eigenvalue weighted by Crippen LogP contribution is -1.86. The predicted octanol–water partition coefficient (Wildman–Crippen LogP) is 2.79. The number of aryl methyl sites for hydroxylation is 1. The lowest BCUT2D eigenvalue weighted by molar-refractivity contribution is 0.282. The molecule has 0 radical (unpaired) electrons. The van der Waals surface area contributed by atoms with E-state index in [2.05, 4.69) is 0 Å². The Morgan fingerprint density at radius 1 is 1.27 bits per heavy atom. The molecule has 60 valence electrons. The van der Waals surface area contributed by atoms with Gasteiger partial charge in [0.2, 0.25) is 0 Å². The highest BCUT2D eigenvalue weighted by Crippen LogP contribution is 2.24. The van der Waals surface area contributed by atoms with Gasteiger partial charge in [0.1, 0.15) is 0 Å². The van der Waals surface area contributed by atoms with Crippen molar-refractivity contribution in [3.05, 3.63) is 33.3 Å². The molecule has 0 atom stereocenters. The molecule has 0 fully saturated rings. The van der Waals surface area contributed by atoms with Crippen LogP contribution in [0.4, 0.5) is 0 Å². The van der Waals surface area contributed by atoms with Gasteiger partial charge in [-0.2, -0.15) is 0 Å². The van der Waals surface area contributed by atoms with Crippen molar-refractivity contribution in [2.45, 2.75) is 13.5 Å². The van der Waals surface area contributed by atoms with Crippen LogP contribution in [0.5, 0.6) is 0 Å². The highest BCUT2D eigenvalue weighted by atomic mass is 35.5. The second-order valence-electron chi connectivity index (χ2n) is 2.35. The minimum atomic E-state index is -0.0706. The van der Waals surface area contributed by atoms with E-state index < -0.39 is 0 Å². The van der Waals surface area contributed by atoms with E-state index in [-0.39, 0.29) is 6.61 Å². The van der Waals surface area contributed by atoms with Gasteiger partial charge in [0.15, 0.2) is 0 Å². The predicted molar refractivity (Wildman–Crippen MR) is 47.1 cm³/mol. The Kier molecular flexibility index (Phi) is 2.77. The number of rotatable bonds is 1. The standard InChI is InChI=1S/C8H8Cl2O/c1-5-2-8(10)6(4-11)3-7(5)9/h2-3,11H,4H2,1H3. The Morgan fingerprint density at radius 2 is 1.91 bits per heavy atom. The van der Waals surface area contributed by atoms with Gasteiger partial charge < -0.3 is 5.11 Å². The molecule has 0 heterocycles. The Balaban J connectivity index is 3.21. The largest absolute Gasteiger partial charge is 0.392 e. The van der Waals surface area contributed by atoms with Crippen molar-refractivity contribution in [1.82, 2.24) is 0 Å². The highest BCUT2D eigenvalue weighted by molar-refractivity contribution is 6.34. The summed E-state index contributed by atoms with van der Waals surface area (Å²) in [6.45, 7) is 1.80. The van der Waals surface area contributed by atoms with E-state index in [9.17, 15) is 0 Å². The Hall–Kier alpha value is -0.240. The Bertz CT molecular complexity index is 271. The molecule has 1 aromatic rings. The summed E-state index contributed by atoms with van der Waals surface area (Å²) in [5, 5.41) is 9.99. The third-order valence-electron chi connectivity index (χ3n) is 1.50. The number of aliphatic hydroxyl groups is 1. The maximum Gasteiger partial charge on any atom is 0.0696 e. The maximum absolute atomic E-state index is 8.79. The fourth-order valence-corrected chi connectivity index (χ4v) is 1.27. The van der Waals surface area contributed by atoms with E-state index in [0.29, 0.717) is 15.6 Å². The first kappa shape index (κ1) is 8.85. The van der Waals surface area contributed by atoms with Crippen LogP contribution in [0.3, 0.4) is 0 Å². The second kappa shape index (κ2) is 3.44. The molecule has 0 aliphatic rings. The van der Waals surface area contributed by atoms with Crippen LogP contribution in [0, 0.1) is 6.92 Å². The van der Waals surface area contributed by atoms with Crippen molar-refractivity contribution in [3.8, 4) is 0 Å². The maximum atomic E-state index is 8.79. The molecule has 0 bridgehead atoms. The van der Waals surface area contributed by atoms with Gasteiger partial charge in [0, 0.05) is 10.0 Å². The van der Waals surface area contributed by atoms with Crippen LogP contribution in [0.15, 0.2) is 12.1 Å². The van der Waals surface area contributed by atoms with Gasteiger partial charge in [-0.15, -0.1) is 0 Å². The first-order valence-corrected chi connectivity index (χ1v) is 3.96. The lowest BCUT2D eigenvalue weighted by atomic mass is 10.1. The van der Waals surface area contributed by atoms with Crippen LogP contribution in [0.25, 0.3) is 0 Å². The van der Waals surface area contributed by atoms with Gasteiger partial charge >= 0.3 is 0 Å². The molecule has 0 aliphatic heterocycles. The fraction of sp³-hybridized carbons (Fsp3) is 0.250. The van der Waals surface area contributed by atoms with Gasteiger partial charge in [0.25, 0.3) is 0 Å². The number of halogens is 2. The first-order chi connectivity index (χ1) is 5.15. The molecule has 0 amide bonds. The van der Waals surface area contributed by atoms with E-state index in [1.807, 2.05) is 6.92 Å². The van der Waals surface area contributed by atoms with Crippen LogP contribution in [-0.4, -0.2) is 5.11 Å². The molecule has 1 rings (SSSR count). The molecule has 3 heteroatoms. The average molecular weight is 191 g/mol. The van der Waals surface area contributed by atoms with Crippen molar-refractivity contribution < 1.29 is 5.11 Å². The smallest absolute Gasteiger partial charge is 0.0696 e. The summed E-state index contributed by atoms with van der Waals surface area (Å²) in [5.41, 5.74) is 1.59.